The van der Waals surface area contributed by atoms with Crippen LogP contribution in [0.3, 0.4) is 0 Å². The topological polar surface area (TPSA) is 76.0 Å². The predicted molar refractivity (Wildman–Crippen MR) is 127 cm³/mol. The predicted octanol–water partition coefficient (Wildman–Crippen LogP) is 4.53. The summed E-state index contributed by atoms with van der Waals surface area (Å²) in [6.07, 6.45) is 0. The molecule has 4 aromatic rings. The van der Waals surface area contributed by atoms with Crippen molar-refractivity contribution in [3.8, 4) is 0 Å². The van der Waals surface area contributed by atoms with E-state index in [1.165, 1.54) is 0 Å². The minimum atomic E-state index is -0.174. The highest BCUT2D eigenvalue weighted by molar-refractivity contribution is 5.94. The largest absolute Gasteiger partial charge is 0.345 e. The summed E-state index contributed by atoms with van der Waals surface area (Å²) in [5.41, 5.74) is 6.14. The minimum absolute atomic E-state index is 0.101. The number of para-hydroxylation sites is 2. The van der Waals surface area contributed by atoms with Gasteiger partial charge in [0.25, 0.3) is 5.91 Å². The SMILES string of the molecule is Cc1cccc(C(=O)NCc2nc3ccccc3n2CC(=O)Nc2cc(C)ccc2C)c1. The maximum Gasteiger partial charge on any atom is 0.251 e. The van der Waals surface area contributed by atoms with Crippen LogP contribution in [-0.4, -0.2) is 21.4 Å². The van der Waals surface area contributed by atoms with Crippen LogP contribution in [0.1, 0.15) is 32.9 Å². The van der Waals surface area contributed by atoms with Gasteiger partial charge < -0.3 is 15.2 Å². The summed E-state index contributed by atoms with van der Waals surface area (Å²) < 4.78 is 1.85. The summed E-state index contributed by atoms with van der Waals surface area (Å²) in [6.45, 7) is 6.23. The number of carbonyl (C=O) groups is 2. The summed E-state index contributed by atoms with van der Waals surface area (Å²) in [6, 6.07) is 21.1. The van der Waals surface area contributed by atoms with Gasteiger partial charge in [0.15, 0.2) is 0 Å². The minimum Gasteiger partial charge on any atom is -0.345 e. The van der Waals surface area contributed by atoms with E-state index in [0.717, 1.165) is 33.4 Å². The van der Waals surface area contributed by atoms with Gasteiger partial charge in [-0.05, 0) is 62.2 Å². The highest BCUT2D eigenvalue weighted by atomic mass is 16.2. The van der Waals surface area contributed by atoms with Crippen LogP contribution < -0.4 is 10.6 Å². The maximum atomic E-state index is 12.9. The van der Waals surface area contributed by atoms with E-state index >= 15 is 0 Å². The van der Waals surface area contributed by atoms with Crippen LogP contribution in [0.5, 0.6) is 0 Å². The van der Waals surface area contributed by atoms with Gasteiger partial charge in [0.2, 0.25) is 5.91 Å². The van der Waals surface area contributed by atoms with Crippen LogP contribution in [0.2, 0.25) is 0 Å². The van der Waals surface area contributed by atoms with E-state index < -0.39 is 0 Å². The van der Waals surface area contributed by atoms with Crippen molar-refractivity contribution in [3.05, 3.63) is 94.8 Å². The van der Waals surface area contributed by atoms with Crippen molar-refractivity contribution in [1.29, 1.82) is 0 Å². The van der Waals surface area contributed by atoms with Crippen LogP contribution in [0.25, 0.3) is 11.0 Å². The molecule has 0 atom stereocenters. The van der Waals surface area contributed by atoms with Crippen LogP contribution in [-0.2, 0) is 17.9 Å². The standard InChI is InChI=1S/C26H26N4O2/c1-17-7-6-8-20(13-17)26(32)27-15-24-28-21-9-4-5-10-23(21)30(24)16-25(31)29-22-14-18(2)11-12-19(22)3/h4-14H,15-16H2,1-3H3,(H,27,32)(H,29,31). The van der Waals surface area contributed by atoms with E-state index in [4.69, 9.17) is 0 Å². The van der Waals surface area contributed by atoms with E-state index in [0.29, 0.717) is 11.4 Å². The quantitative estimate of drug-likeness (QED) is 0.476. The molecule has 0 radical (unpaired) electrons. The first-order valence-corrected chi connectivity index (χ1v) is 10.6. The summed E-state index contributed by atoms with van der Waals surface area (Å²) in [4.78, 5) is 30.1. The molecule has 0 unspecified atom stereocenters. The Morgan fingerprint density at radius 2 is 1.69 bits per heavy atom. The molecule has 0 aliphatic carbocycles. The zero-order chi connectivity index (χ0) is 22.7. The Hall–Kier alpha value is -3.93. The molecule has 0 aliphatic heterocycles. The molecule has 2 amide bonds. The molecule has 32 heavy (non-hydrogen) atoms. The molecule has 0 spiro atoms. The van der Waals surface area contributed by atoms with Crippen molar-refractivity contribution >= 4 is 28.5 Å². The third-order valence-electron chi connectivity index (χ3n) is 5.39. The molecule has 0 fully saturated rings. The molecule has 1 aromatic heterocycles. The number of nitrogens with one attached hydrogen (secondary N) is 2. The highest BCUT2D eigenvalue weighted by Gasteiger charge is 2.15. The smallest absolute Gasteiger partial charge is 0.251 e. The molecule has 6 heteroatoms. The number of benzene rings is 3. The molecule has 3 aromatic carbocycles. The summed E-state index contributed by atoms with van der Waals surface area (Å²) in [7, 11) is 0. The molecular formula is C26H26N4O2. The maximum absolute atomic E-state index is 12.9. The van der Waals surface area contributed by atoms with Gasteiger partial charge in [-0.2, -0.15) is 0 Å². The molecule has 162 valence electrons. The van der Waals surface area contributed by atoms with Gasteiger partial charge in [-0.3, -0.25) is 9.59 Å². The number of amides is 2. The second-order valence-corrected chi connectivity index (χ2v) is 8.02. The van der Waals surface area contributed by atoms with Gasteiger partial charge in [-0.1, -0.05) is 42.0 Å². The number of imidazole rings is 1. The van der Waals surface area contributed by atoms with Crippen molar-refractivity contribution in [1.82, 2.24) is 14.9 Å². The number of aryl methyl sites for hydroxylation is 3. The number of aromatic nitrogens is 2. The lowest BCUT2D eigenvalue weighted by atomic mass is 10.1. The number of fused-ring (bicyclic) bond motifs is 1. The molecule has 0 bridgehead atoms. The van der Waals surface area contributed by atoms with Gasteiger partial charge in [0.1, 0.15) is 12.4 Å². The fraction of sp³-hybridized carbons (Fsp3) is 0.192. The number of rotatable bonds is 6. The van der Waals surface area contributed by atoms with Crippen molar-refractivity contribution in [2.45, 2.75) is 33.9 Å². The van der Waals surface area contributed by atoms with Crippen LogP contribution >= 0.6 is 0 Å². The van der Waals surface area contributed by atoms with Gasteiger partial charge >= 0.3 is 0 Å². The lowest BCUT2D eigenvalue weighted by Gasteiger charge is -2.13. The van der Waals surface area contributed by atoms with Gasteiger partial charge in [-0.25, -0.2) is 4.98 Å². The van der Waals surface area contributed by atoms with E-state index in [2.05, 4.69) is 15.6 Å². The first kappa shape index (κ1) is 21.3. The Bertz CT molecular complexity index is 1310. The third-order valence-corrected chi connectivity index (χ3v) is 5.39. The Balaban J connectivity index is 1.55. The Morgan fingerprint density at radius 3 is 2.50 bits per heavy atom. The third kappa shape index (κ3) is 4.70. The van der Waals surface area contributed by atoms with Gasteiger partial charge in [-0.15, -0.1) is 0 Å². The average molecular weight is 427 g/mol. The summed E-state index contributed by atoms with van der Waals surface area (Å²) in [5, 5.41) is 5.93. The summed E-state index contributed by atoms with van der Waals surface area (Å²) in [5.74, 6) is 0.309. The van der Waals surface area contributed by atoms with Gasteiger partial charge in [0, 0.05) is 11.3 Å². The Kier molecular flexibility index (Phi) is 6.03. The summed E-state index contributed by atoms with van der Waals surface area (Å²) >= 11 is 0. The lowest BCUT2D eigenvalue weighted by Crippen LogP contribution is -2.26. The first-order chi connectivity index (χ1) is 15.4. The lowest BCUT2D eigenvalue weighted by molar-refractivity contribution is -0.116. The van der Waals surface area contributed by atoms with Crippen molar-refractivity contribution in [2.24, 2.45) is 0 Å². The van der Waals surface area contributed by atoms with Crippen LogP contribution in [0.15, 0.2) is 66.7 Å². The molecule has 0 saturated carbocycles. The normalized spacial score (nSPS) is 10.8. The fourth-order valence-corrected chi connectivity index (χ4v) is 3.69. The number of carbonyl (C=O) groups excluding carboxylic acids is 2. The first-order valence-electron chi connectivity index (χ1n) is 10.6. The van der Waals surface area contributed by atoms with E-state index in [-0.39, 0.29) is 24.9 Å². The molecule has 6 nitrogen and oxygen atoms in total. The van der Waals surface area contributed by atoms with Gasteiger partial charge in [0.05, 0.1) is 17.6 Å². The van der Waals surface area contributed by atoms with E-state index in [9.17, 15) is 9.59 Å². The van der Waals surface area contributed by atoms with Crippen LogP contribution in [0.4, 0.5) is 5.69 Å². The molecule has 2 N–H and O–H groups in total. The van der Waals surface area contributed by atoms with Crippen molar-refractivity contribution in [3.63, 3.8) is 0 Å². The number of hydrogen-bond acceptors (Lipinski definition) is 3. The Labute approximate surface area is 187 Å². The Morgan fingerprint density at radius 1 is 0.906 bits per heavy atom. The van der Waals surface area contributed by atoms with E-state index in [1.807, 2.05) is 86.0 Å². The molecule has 4 rings (SSSR count). The number of hydrogen-bond donors (Lipinski definition) is 2. The molecular weight excluding hydrogens is 400 g/mol. The molecule has 1 heterocycles. The monoisotopic (exact) mass is 426 g/mol. The molecule has 0 aliphatic rings. The zero-order valence-electron chi connectivity index (χ0n) is 18.5. The second kappa shape index (κ2) is 9.06. The number of anilines is 1. The van der Waals surface area contributed by atoms with E-state index in [1.54, 1.807) is 6.07 Å². The van der Waals surface area contributed by atoms with Crippen LogP contribution in [0, 0.1) is 20.8 Å². The van der Waals surface area contributed by atoms with Crippen molar-refractivity contribution < 1.29 is 9.59 Å². The highest BCUT2D eigenvalue weighted by Crippen LogP contribution is 2.19. The second-order valence-electron chi connectivity index (χ2n) is 8.02. The van der Waals surface area contributed by atoms with Crippen molar-refractivity contribution in [2.75, 3.05) is 5.32 Å². The fourth-order valence-electron chi connectivity index (χ4n) is 3.69. The number of nitrogens with zero attached hydrogens (tertiary/aromatic N) is 2. The average Bonchev–Trinajstić information content (AvgIpc) is 3.12. The molecule has 0 saturated heterocycles. The zero-order valence-corrected chi connectivity index (χ0v) is 18.5.